The van der Waals surface area contributed by atoms with Gasteiger partial charge in [0.2, 0.25) is 5.91 Å². The van der Waals surface area contributed by atoms with E-state index in [-0.39, 0.29) is 18.5 Å². The highest BCUT2D eigenvalue weighted by Crippen LogP contribution is 2.23. The van der Waals surface area contributed by atoms with Crippen molar-refractivity contribution in [3.05, 3.63) is 82.1 Å². The highest BCUT2D eigenvalue weighted by atomic mass is 32.1. The van der Waals surface area contributed by atoms with Crippen LogP contribution in [0, 0.1) is 11.6 Å². The number of hydrogen-bond donors (Lipinski definition) is 1. The fourth-order valence-electron chi connectivity index (χ4n) is 2.88. The van der Waals surface area contributed by atoms with Gasteiger partial charge in [-0.25, -0.2) is 8.78 Å². The van der Waals surface area contributed by atoms with Gasteiger partial charge in [0.1, 0.15) is 5.75 Å². The first-order valence-corrected chi connectivity index (χ1v) is 10.0. The molecule has 3 rings (SSSR count). The fourth-order valence-corrected chi connectivity index (χ4v) is 3.57. The molecule has 7 heteroatoms. The van der Waals surface area contributed by atoms with Crippen molar-refractivity contribution in [1.82, 2.24) is 5.32 Å². The van der Waals surface area contributed by atoms with Crippen molar-refractivity contribution in [2.75, 3.05) is 18.6 Å². The number of amides is 1. The van der Waals surface area contributed by atoms with Crippen LogP contribution in [-0.4, -0.2) is 19.6 Å². The van der Waals surface area contributed by atoms with Gasteiger partial charge in [-0.05, 0) is 60.3 Å². The molecule has 0 fully saturated rings. The third-order valence-corrected chi connectivity index (χ3v) is 5.44. The molecule has 0 aliphatic rings. The van der Waals surface area contributed by atoms with Crippen LogP contribution < -0.4 is 15.0 Å². The van der Waals surface area contributed by atoms with E-state index in [1.54, 1.807) is 42.4 Å². The van der Waals surface area contributed by atoms with Gasteiger partial charge in [-0.1, -0.05) is 12.1 Å². The summed E-state index contributed by atoms with van der Waals surface area (Å²) in [5, 5.41) is 5.06. The molecular formula is C22H22F2N2O2S. The number of benzene rings is 2. The molecule has 152 valence electrons. The monoisotopic (exact) mass is 416 g/mol. The summed E-state index contributed by atoms with van der Waals surface area (Å²) < 4.78 is 31.8. The average molecular weight is 416 g/mol. The van der Waals surface area contributed by atoms with Crippen LogP contribution in [-0.2, 0) is 11.3 Å². The molecule has 0 radical (unpaired) electrons. The lowest BCUT2D eigenvalue weighted by atomic mass is 10.1. The summed E-state index contributed by atoms with van der Waals surface area (Å²) >= 11 is 1.58. The van der Waals surface area contributed by atoms with Crippen LogP contribution >= 0.6 is 11.3 Å². The Kier molecular flexibility index (Phi) is 6.95. The van der Waals surface area contributed by atoms with Gasteiger partial charge in [0.05, 0.1) is 20.2 Å². The highest BCUT2D eigenvalue weighted by molar-refractivity contribution is 7.09. The van der Waals surface area contributed by atoms with Gasteiger partial charge in [0.25, 0.3) is 0 Å². The standard InChI is InChI=1S/C22H22F2N2O2S/c1-15(16-5-10-20(23)21(24)12-16)25-13-22(27)26(14-19-4-3-11-29-19)17-6-8-18(28-2)9-7-17/h3-12,15,25H,13-14H2,1-2H3/t15-/m1/s1. The molecule has 1 amide bonds. The number of methoxy groups -OCH3 is 1. The Morgan fingerprint density at radius 1 is 1.14 bits per heavy atom. The summed E-state index contributed by atoms with van der Waals surface area (Å²) in [7, 11) is 1.59. The predicted molar refractivity (Wildman–Crippen MR) is 111 cm³/mol. The summed E-state index contributed by atoms with van der Waals surface area (Å²) in [5.74, 6) is -1.21. The molecule has 1 heterocycles. The molecule has 0 spiro atoms. The highest BCUT2D eigenvalue weighted by Gasteiger charge is 2.18. The van der Waals surface area contributed by atoms with Gasteiger partial charge in [0.15, 0.2) is 11.6 Å². The summed E-state index contributed by atoms with van der Waals surface area (Å²) in [5.41, 5.74) is 1.33. The molecule has 1 atom stereocenters. The second-order valence-corrected chi connectivity index (χ2v) is 7.57. The smallest absolute Gasteiger partial charge is 0.241 e. The van der Waals surface area contributed by atoms with Crippen molar-refractivity contribution in [3.8, 4) is 5.75 Å². The largest absolute Gasteiger partial charge is 0.497 e. The molecule has 29 heavy (non-hydrogen) atoms. The Bertz CT molecular complexity index is 946. The quantitative estimate of drug-likeness (QED) is 0.567. The predicted octanol–water partition coefficient (Wildman–Crippen LogP) is 4.92. The molecular weight excluding hydrogens is 394 g/mol. The Labute approximate surface area is 172 Å². The number of carbonyl (C=O) groups is 1. The van der Waals surface area contributed by atoms with E-state index in [4.69, 9.17) is 4.74 Å². The number of anilines is 1. The number of ether oxygens (including phenoxy) is 1. The first kappa shape index (κ1) is 21.0. The van der Waals surface area contributed by atoms with Gasteiger partial charge < -0.3 is 15.0 Å². The minimum Gasteiger partial charge on any atom is -0.497 e. The molecule has 0 aliphatic heterocycles. The molecule has 0 aliphatic carbocycles. The van der Waals surface area contributed by atoms with Crippen molar-refractivity contribution in [3.63, 3.8) is 0 Å². The zero-order valence-electron chi connectivity index (χ0n) is 16.2. The van der Waals surface area contributed by atoms with E-state index in [0.29, 0.717) is 17.9 Å². The molecule has 0 saturated heterocycles. The van der Waals surface area contributed by atoms with Gasteiger partial charge >= 0.3 is 0 Å². The van der Waals surface area contributed by atoms with Gasteiger partial charge in [-0.3, -0.25) is 4.79 Å². The minimum absolute atomic E-state index is 0.0531. The van der Waals surface area contributed by atoms with Crippen molar-refractivity contribution in [2.24, 2.45) is 0 Å². The summed E-state index contributed by atoms with van der Waals surface area (Å²) in [6.45, 7) is 2.30. The van der Waals surface area contributed by atoms with Crippen LogP contribution in [0.4, 0.5) is 14.5 Å². The lowest BCUT2D eigenvalue weighted by Crippen LogP contribution is -2.38. The van der Waals surface area contributed by atoms with E-state index in [1.165, 1.54) is 6.07 Å². The number of nitrogens with one attached hydrogen (secondary N) is 1. The SMILES string of the molecule is COc1ccc(N(Cc2cccs2)C(=O)CN[C@H](C)c2ccc(F)c(F)c2)cc1. The summed E-state index contributed by atoms with van der Waals surface area (Å²) in [6.07, 6.45) is 0. The number of halogens is 2. The average Bonchev–Trinajstić information content (AvgIpc) is 3.25. The zero-order valence-corrected chi connectivity index (χ0v) is 17.0. The van der Waals surface area contributed by atoms with Crippen molar-refractivity contribution in [2.45, 2.75) is 19.5 Å². The molecule has 0 bridgehead atoms. The van der Waals surface area contributed by atoms with Crippen molar-refractivity contribution in [1.29, 1.82) is 0 Å². The van der Waals surface area contributed by atoms with E-state index in [2.05, 4.69) is 5.32 Å². The van der Waals surface area contributed by atoms with Crippen molar-refractivity contribution >= 4 is 22.9 Å². The molecule has 1 aromatic heterocycles. The third kappa shape index (κ3) is 5.40. The Balaban J connectivity index is 1.72. The number of hydrogen-bond acceptors (Lipinski definition) is 4. The topological polar surface area (TPSA) is 41.6 Å². The van der Waals surface area contributed by atoms with Crippen LogP contribution in [0.3, 0.4) is 0 Å². The van der Waals surface area contributed by atoms with E-state index in [9.17, 15) is 13.6 Å². The van der Waals surface area contributed by atoms with E-state index < -0.39 is 11.6 Å². The Morgan fingerprint density at radius 3 is 2.52 bits per heavy atom. The van der Waals surface area contributed by atoms with E-state index >= 15 is 0 Å². The molecule has 1 N–H and O–H groups in total. The molecule has 2 aromatic carbocycles. The second-order valence-electron chi connectivity index (χ2n) is 6.53. The van der Waals surface area contributed by atoms with Gasteiger partial charge in [-0.15, -0.1) is 11.3 Å². The van der Waals surface area contributed by atoms with Crippen LogP contribution in [0.1, 0.15) is 23.4 Å². The number of thiophene rings is 1. The summed E-state index contributed by atoms with van der Waals surface area (Å²) in [4.78, 5) is 15.7. The van der Waals surface area contributed by atoms with Gasteiger partial charge in [-0.2, -0.15) is 0 Å². The second kappa shape index (κ2) is 9.62. The van der Waals surface area contributed by atoms with Gasteiger partial charge in [0, 0.05) is 16.6 Å². The molecule has 0 unspecified atom stereocenters. The number of carbonyl (C=O) groups excluding carboxylic acids is 1. The molecule has 3 aromatic rings. The normalized spacial score (nSPS) is 11.9. The lowest BCUT2D eigenvalue weighted by Gasteiger charge is -2.24. The maximum Gasteiger partial charge on any atom is 0.241 e. The zero-order chi connectivity index (χ0) is 20.8. The lowest BCUT2D eigenvalue weighted by molar-refractivity contribution is -0.118. The molecule has 4 nitrogen and oxygen atoms in total. The first-order chi connectivity index (χ1) is 14.0. The summed E-state index contributed by atoms with van der Waals surface area (Å²) in [6, 6.07) is 14.6. The van der Waals surface area contributed by atoms with E-state index in [0.717, 1.165) is 22.7 Å². The van der Waals surface area contributed by atoms with Crippen LogP contribution in [0.2, 0.25) is 0 Å². The van der Waals surface area contributed by atoms with E-state index in [1.807, 2.05) is 29.6 Å². The van der Waals surface area contributed by atoms with Crippen LogP contribution in [0.15, 0.2) is 60.0 Å². The van der Waals surface area contributed by atoms with Crippen LogP contribution in [0.5, 0.6) is 5.75 Å². The van der Waals surface area contributed by atoms with Crippen molar-refractivity contribution < 1.29 is 18.3 Å². The maximum absolute atomic E-state index is 13.5. The van der Waals surface area contributed by atoms with Crippen LogP contribution in [0.25, 0.3) is 0 Å². The maximum atomic E-state index is 13.5. The minimum atomic E-state index is -0.903. The Hall–Kier alpha value is -2.77. The fraction of sp³-hybridized carbons (Fsp3) is 0.227. The molecule has 0 saturated carbocycles. The number of rotatable bonds is 8. The first-order valence-electron chi connectivity index (χ1n) is 9.13. The number of nitrogens with zero attached hydrogens (tertiary/aromatic N) is 1. The Morgan fingerprint density at radius 2 is 1.90 bits per heavy atom. The third-order valence-electron chi connectivity index (χ3n) is 4.58.